The van der Waals surface area contributed by atoms with Crippen LogP contribution < -0.4 is 0 Å². The molecular weight excluding hydrogens is 793 g/mol. The third-order valence-corrected chi connectivity index (χ3v) is 12.0. The van der Waals surface area contributed by atoms with E-state index in [0.29, 0.717) is 19.3 Å². The minimum Gasteiger partial charge on any atom is -0.462 e. The highest BCUT2D eigenvalue weighted by Crippen LogP contribution is 2.15. The molecule has 6 nitrogen and oxygen atoms in total. The van der Waals surface area contributed by atoms with Crippen molar-refractivity contribution in [1.29, 1.82) is 0 Å². The van der Waals surface area contributed by atoms with E-state index in [9.17, 15) is 14.4 Å². The Morgan fingerprint density at radius 2 is 0.578 bits per heavy atom. The molecular formula is C58H104O6. The lowest BCUT2D eigenvalue weighted by Gasteiger charge is -2.18. The highest BCUT2D eigenvalue weighted by molar-refractivity contribution is 5.71. The van der Waals surface area contributed by atoms with E-state index in [-0.39, 0.29) is 31.1 Å². The molecule has 0 aliphatic rings. The van der Waals surface area contributed by atoms with Gasteiger partial charge in [0.25, 0.3) is 0 Å². The van der Waals surface area contributed by atoms with Crippen LogP contribution in [0, 0.1) is 0 Å². The molecule has 0 aromatic carbocycles. The average Bonchev–Trinajstić information content (AvgIpc) is 3.29. The first kappa shape index (κ1) is 61.4. The Bertz CT molecular complexity index is 1120. The summed E-state index contributed by atoms with van der Waals surface area (Å²) >= 11 is 0. The number of allylic oxidation sites excluding steroid dienone is 8. The van der Waals surface area contributed by atoms with Crippen LogP contribution in [0.4, 0.5) is 0 Å². The van der Waals surface area contributed by atoms with Crippen molar-refractivity contribution in [1.82, 2.24) is 0 Å². The summed E-state index contributed by atoms with van der Waals surface area (Å²) in [5.74, 6) is -0.898. The second-order valence-corrected chi connectivity index (χ2v) is 18.5. The molecule has 0 saturated heterocycles. The van der Waals surface area contributed by atoms with Gasteiger partial charge in [-0.2, -0.15) is 0 Å². The van der Waals surface area contributed by atoms with Crippen LogP contribution in [-0.2, 0) is 28.6 Å². The zero-order valence-electron chi connectivity index (χ0n) is 42.6. The van der Waals surface area contributed by atoms with E-state index in [1.165, 1.54) is 154 Å². The lowest BCUT2D eigenvalue weighted by molar-refractivity contribution is -0.167. The van der Waals surface area contributed by atoms with Crippen molar-refractivity contribution in [3.8, 4) is 0 Å². The number of unbranched alkanes of at least 4 members (excludes halogenated alkanes) is 31. The van der Waals surface area contributed by atoms with Gasteiger partial charge in [-0.3, -0.25) is 14.4 Å². The quantitative estimate of drug-likeness (QED) is 0.0262. The SMILES string of the molecule is CCCC/C=C\CCCCCCCC(=O)OCC(COC(=O)CCCCCCCCCCC/C=C\CCCCCCCC)OC(=O)CCCCCCC/C=C\C/C=C\CCCCCC. The van der Waals surface area contributed by atoms with Crippen molar-refractivity contribution in [3.63, 3.8) is 0 Å². The number of ether oxygens (including phenoxy) is 3. The zero-order valence-corrected chi connectivity index (χ0v) is 42.6. The largest absolute Gasteiger partial charge is 0.462 e. The maximum Gasteiger partial charge on any atom is 0.306 e. The summed E-state index contributed by atoms with van der Waals surface area (Å²) in [6, 6.07) is 0. The van der Waals surface area contributed by atoms with Gasteiger partial charge in [-0.1, -0.05) is 217 Å². The first-order chi connectivity index (χ1) is 31.5. The molecule has 0 radical (unpaired) electrons. The van der Waals surface area contributed by atoms with Crippen molar-refractivity contribution in [2.75, 3.05) is 13.2 Å². The number of rotatable bonds is 50. The second-order valence-electron chi connectivity index (χ2n) is 18.5. The summed E-state index contributed by atoms with van der Waals surface area (Å²) in [5.41, 5.74) is 0. The van der Waals surface area contributed by atoms with Crippen LogP contribution in [0.5, 0.6) is 0 Å². The van der Waals surface area contributed by atoms with Gasteiger partial charge in [0.05, 0.1) is 0 Å². The van der Waals surface area contributed by atoms with Gasteiger partial charge in [0.15, 0.2) is 6.10 Å². The van der Waals surface area contributed by atoms with Crippen molar-refractivity contribution in [2.24, 2.45) is 0 Å². The predicted molar refractivity (Wildman–Crippen MR) is 275 cm³/mol. The monoisotopic (exact) mass is 897 g/mol. The van der Waals surface area contributed by atoms with Gasteiger partial charge in [-0.05, 0) is 96.3 Å². The van der Waals surface area contributed by atoms with E-state index >= 15 is 0 Å². The van der Waals surface area contributed by atoms with Gasteiger partial charge in [-0.15, -0.1) is 0 Å². The molecule has 1 atom stereocenters. The number of carbonyl (C=O) groups excluding carboxylic acids is 3. The summed E-state index contributed by atoms with van der Waals surface area (Å²) in [6.07, 6.45) is 63.8. The van der Waals surface area contributed by atoms with Crippen LogP contribution in [0.15, 0.2) is 48.6 Å². The zero-order chi connectivity index (χ0) is 46.5. The molecule has 0 rings (SSSR count). The fraction of sp³-hybridized carbons (Fsp3) is 0.810. The summed E-state index contributed by atoms with van der Waals surface area (Å²) < 4.78 is 16.8. The second kappa shape index (κ2) is 53.0. The fourth-order valence-electron chi connectivity index (χ4n) is 7.80. The maximum absolute atomic E-state index is 12.8. The lowest BCUT2D eigenvalue weighted by atomic mass is 10.1. The Morgan fingerprint density at radius 1 is 0.312 bits per heavy atom. The maximum atomic E-state index is 12.8. The van der Waals surface area contributed by atoms with Gasteiger partial charge in [0.1, 0.15) is 13.2 Å². The van der Waals surface area contributed by atoms with E-state index in [1.54, 1.807) is 0 Å². The molecule has 0 aromatic heterocycles. The smallest absolute Gasteiger partial charge is 0.306 e. The van der Waals surface area contributed by atoms with E-state index < -0.39 is 6.10 Å². The number of esters is 3. The van der Waals surface area contributed by atoms with E-state index in [1.807, 2.05) is 0 Å². The highest BCUT2D eigenvalue weighted by atomic mass is 16.6. The molecule has 0 fully saturated rings. The van der Waals surface area contributed by atoms with Crippen molar-refractivity contribution in [2.45, 2.75) is 290 Å². The summed E-state index contributed by atoms with van der Waals surface area (Å²) in [6.45, 7) is 6.58. The summed E-state index contributed by atoms with van der Waals surface area (Å²) in [7, 11) is 0. The number of carbonyl (C=O) groups is 3. The molecule has 0 amide bonds. The van der Waals surface area contributed by atoms with Gasteiger partial charge in [-0.25, -0.2) is 0 Å². The van der Waals surface area contributed by atoms with Crippen LogP contribution in [0.3, 0.4) is 0 Å². The molecule has 0 spiro atoms. The van der Waals surface area contributed by atoms with Crippen LogP contribution in [0.2, 0.25) is 0 Å². The van der Waals surface area contributed by atoms with Gasteiger partial charge in [0.2, 0.25) is 0 Å². The minimum absolute atomic E-state index is 0.0814. The molecule has 64 heavy (non-hydrogen) atoms. The van der Waals surface area contributed by atoms with Crippen molar-refractivity contribution < 1.29 is 28.6 Å². The first-order valence-electron chi connectivity index (χ1n) is 27.6. The molecule has 1 unspecified atom stereocenters. The molecule has 0 aliphatic carbocycles. The average molecular weight is 897 g/mol. The Balaban J connectivity index is 4.34. The van der Waals surface area contributed by atoms with Gasteiger partial charge < -0.3 is 14.2 Å². The van der Waals surface area contributed by atoms with Gasteiger partial charge >= 0.3 is 17.9 Å². The molecule has 0 aliphatic heterocycles. The Labute approximate surface area is 397 Å². The Kier molecular flexibility index (Phi) is 50.8. The standard InChI is InChI=1S/C58H104O6/c1-4-7-10-13-16-19-22-24-26-28-29-30-32-33-36-39-42-45-48-51-57(60)63-54-55(53-62-56(59)50-47-44-41-38-35-21-18-15-12-9-6-3)64-58(61)52-49-46-43-40-37-34-31-27-25-23-20-17-14-11-8-5-2/h15,18,20,23-24,26-27,31,55H,4-14,16-17,19,21-22,25,28-30,32-54H2,1-3H3/b18-15-,23-20-,26-24-,31-27-. The number of hydrogen-bond donors (Lipinski definition) is 0. The van der Waals surface area contributed by atoms with Crippen molar-refractivity contribution >= 4 is 17.9 Å². The van der Waals surface area contributed by atoms with Crippen LogP contribution in [0.1, 0.15) is 284 Å². The number of hydrogen-bond acceptors (Lipinski definition) is 6. The molecule has 0 saturated carbocycles. The van der Waals surface area contributed by atoms with Gasteiger partial charge in [0, 0.05) is 19.3 Å². The predicted octanol–water partition coefficient (Wildman–Crippen LogP) is 18.3. The molecule has 0 aromatic rings. The third kappa shape index (κ3) is 50.4. The van der Waals surface area contributed by atoms with Crippen LogP contribution >= 0.6 is 0 Å². The highest BCUT2D eigenvalue weighted by Gasteiger charge is 2.19. The van der Waals surface area contributed by atoms with E-state index in [2.05, 4.69) is 69.4 Å². The first-order valence-corrected chi connectivity index (χ1v) is 27.6. The van der Waals surface area contributed by atoms with Crippen LogP contribution in [-0.4, -0.2) is 37.2 Å². The van der Waals surface area contributed by atoms with E-state index in [0.717, 1.165) is 89.9 Å². The normalized spacial score (nSPS) is 12.4. The van der Waals surface area contributed by atoms with Crippen molar-refractivity contribution in [3.05, 3.63) is 48.6 Å². The molecule has 372 valence electrons. The van der Waals surface area contributed by atoms with E-state index in [4.69, 9.17) is 14.2 Å². The Hall–Kier alpha value is -2.63. The minimum atomic E-state index is -0.783. The molecule has 0 heterocycles. The molecule has 0 bridgehead atoms. The topological polar surface area (TPSA) is 78.9 Å². The fourth-order valence-corrected chi connectivity index (χ4v) is 7.80. The summed E-state index contributed by atoms with van der Waals surface area (Å²) in [4.78, 5) is 38.0. The Morgan fingerprint density at radius 3 is 0.938 bits per heavy atom. The van der Waals surface area contributed by atoms with Crippen LogP contribution in [0.25, 0.3) is 0 Å². The molecule has 6 heteroatoms. The third-order valence-electron chi connectivity index (χ3n) is 12.0. The molecule has 0 N–H and O–H groups in total. The summed E-state index contributed by atoms with van der Waals surface area (Å²) in [5, 5.41) is 0. The lowest BCUT2D eigenvalue weighted by Crippen LogP contribution is -2.30.